The smallest absolute Gasteiger partial charge is 0.00907 e. The average molecular weight is 170 g/mol. The molecule has 0 amide bonds. The first-order chi connectivity index (χ1) is 5.50. The van der Waals surface area contributed by atoms with E-state index in [-0.39, 0.29) is 5.41 Å². The van der Waals surface area contributed by atoms with Gasteiger partial charge in [0.15, 0.2) is 0 Å². The molecule has 2 nitrogen and oxygen atoms in total. The molecule has 0 aromatic heterocycles. The first-order valence-electron chi connectivity index (χ1n) is 4.96. The monoisotopic (exact) mass is 170 g/mol. The molecule has 2 unspecified atom stereocenters. The molecule has 1 heterocycles. The molecular weight excluding hydrogens is 148 g/mol. The highest BCUT2D eigenvalue weighted by Gasteiger charge is 2.25. The van der Waals surface area contributed by atoms with Crippen molar-refractivity contribution in [2.45, 2.75) is 39.7 Å². The summed E-state index contributed by atoms with van der Waals surface area (Å²) in [7, 11) is 0. The van der Waals surface area contributed by atoms with Gasteiger partial charge in [-0.3, -0.25) is 0 Å². The highest BCUT2D eigenvalue weighted by atomic mass is 14.9. The lowest BCUT2D eigenvalue weighted by molar-refractivity contribution is 0.275. The zero-order valence-electron chi connectivity index (χ0n) is 8.56. The number of hydrogen-bond acceptors (Lipinski definition) is 2. The van der Waals surface area contributed by atoms with E-state index in [1.807, 2.05) is 0 Å². The van der Waals surface area contributed by atoms with E-state index < -0.39 is 0 Å². The largest absolute Gasteiger partial charge is 0.327 e. The lowest BCUT2D eigenvalue weighted by Crippen LogP contribution is -2.37. The molecule has 1 fully saturated rings. The maximum absolute atomic E-state index is 6.10. The minimum atomic E-state index is 0.266. The van der Waals surface area contributed by atoms with E-state index in [4.69, 9.17) is 5.73 Å². The molecule has 0 bridgehead atoms. The average Bonchev–Trinajstić information content (AvgIpc) is 2.37. The lowest BCUT2D eigenvalue weighted by Gasteiger charge is -2.29. The summed E-state index contributed by atoms with van der Waals surface area (Å²) in [6, 6.07) is 0.349. The Labute approximate surface area is 75.9 Å². The van der Waals surface area contributed by atoms with Crippen LogP contribution in [-0.2, 0) is 0 Å². The fourth-order valence-corrected chi connectivity index (χ4v) is 1.63. The van der Waals surface area contributed by atoms with Crippen LogP contribution in [0.25, 0.3) is 0 Å². The van der Waals surface area contributed by atoms with Gasteiger partial charge < -0.3 is 11.1 Å². The van der Waals surface area contributed by atoms with Crippen LogP contribution in [0.3, 0.4) is 0 Å². The number of nitrogens with two attached hydrogens (primary N) is 1. The van der Waals surface area contributed by atoms with E-state index in [1.54, 1.807) is 0 Å². The number of rotatable bonds is 2. The molecule has 0 aromatic rings. The molecule has 0 spiro atoms. The Hall–Kier alpha value is -0.0800. The van der Waals surface area contributed by atoms with Crippen LogP contribution in [0.5, 0.6) is 0 Å². The first-order valence-corrected chi connectivity index (χ1v) is 4.96. The Bertz CT molecular complexity index is 131. The maximum Gasteiger partial charge on any atom is 0.00907 e. The molecule has 2 atom stereocenters. The standard InChI is InChI=1S/C10H22N2/c1-10(2,3)9(11)6-8-4-5-12-7-8/h8-9,12H,4-7,11H2,1-3H3. The molecule has 1 aliphatic heterocycles. The molecule has 72 valence electrons. The Morgan fingerprint density at radius 1 is 1.50 bits per heavy atom. The summed E-state index contributed by atoms with van der Waals surface area (Å²) in [5.41, 5.74) is 6.37. The van der Waals surface area contributed by atoms with Gasteiger partial charge in [-0.1, -0.05) is 20.8 Å². The fourth-order valence-electron chi connectivity index (χ4n) is 1.63. The lowest BCUT2D eigenvalue weighted by atomic mass is 9.82. The fraction of sp³-hybridized carbons (Fsp3) is 1.00. The van der Waals surface area contributed by atoms with Crippen LogP contribution >= 0.6 is 0 Å². The van der Waals surface area contributed by atoms with Crippen molar-refractivity contribution in [2.24, 2.45) is 17.1 Å². The zero-order chi connectivity index (χ0) is 9.19. The second kappa shape index (κ2) is 3.75. The van der Waals surface area contributed by atoms with Crippen LogP contribution in [0.4, 0.5) is 0 Å². The third-order valence-corrected chi connectivity index (χ3v) is 2.86. The van der Waals surface area contributed by atoms with Crippen LogP contribution in [0, 0.1) is 11.3 Å². The molecule has 1 aliphatic rings. The van der Waals surface area contributed by atoms with Crippen molar-refractivity contribution in [1.82, 2.24) is 5.32 Å². The predicted octanol–water partition coefficient (Wildman–Crippen LogP) is 1.36. The summed E-state index contributed by atoms with van der Waals surface area (Å²) in [4.78, 5) is 0. The summed E-state index contributed by atoms with van der Waals surface area (Å²) in [5, 5.41) is 3.37. The molecule has 0 aliphatic carbocycles. The Kier molecular flexibility index (Phi) is 3.13. The molecule has 3 N–H and O–H groups in total. The van der Waals surface area contributed by atoms with Gasteiger partial charge in [-0.15, -0.1) is 0 Å². The maximum atomic E-state index is 6.10. The van der Waals surface area contributed by atoms with Gasteiger partial charge in [0.05, 0.1) is 0 Å². The van der Waals surface area contributed by atoms with Gasteiger partial charge in [-0.2, -0.15) is 0 Å². The molecule has 0 saturated carbocycles. The highest BCUT2D eigenvalue weighted by molar-refractivity contribution is 4.82. The van der Waals surface area contributed by atoms with Gasteiger partial charge in [0, 0.05) is 6.04 Å². The van der Waals surface area contributed by atoms with E-state index in [2.05, 4.69) is 26.1 Å². The third-order valence-electron chi connectivity index (χ3n) is 2.86. The molecular formula is C10H22N2. The Morgan fingerprint density at radius 2 is 2.17 bits per heavy atom. The summed E-state index contributed by atoms with van der Waals surface area (Å²) in [6.45, 7) is 9.02. The van der Waals surface area contributed by atoms with Crippen LogP contribution in [-0.4, -0.2) is 19.1 Å². The van der Waals surface area contributed by atoms with Crippen molar-refractivity contribution < 1.29 is 0 Å². The van der Waals surface area contributed by atoms with Crippen LogP contribution < -0.4 is 11.1 Å². The van der Waals surface area contributed by atoms with Gasteiger partial charge in [0.25, 0.3) is 0 Å². The minimum absolute atomic E-state index is 0.266. The van der Waals surface area contributed by atoms with Crippen molar-refractivity contribution in [3.05, 3.63) is 0 Å². The van der Waals surface area contributed by atoms with Crippen LogP contribution in [0.1, 0.15) is 33.6 Å². The number of hydrogen-bond donors (Lipinski definition) is 2. The zero-order valence-corrected chi connectivity index (χ0v) is 8.56. The van der Waals surface area contributed by atoms with Crippen molar-refractivity contribution in [1.29, 1.82) is 0 Å². The van der Waals surface area contributed by atoms with Crippen LogP contribution in [0.2, 0.25) is 0 Å². The first kappa shape index (κ1) is 10.0. The molecule has 1 rings (SSSR count). The van der Waals surface area contributed by atoms with E-state index >= 15 is 0 Å². The molecule has 0 radical (unpaired) electrons. The van der Waals surface area contributed by atoms with Gasteiger partial charge in [0.2, 0.25) is 0 Å². The van der Waals surface area contributed by atoms with E-state index in [1.165, 1.54) is 25.9 Å². The molecule has 1 saturated heterocycles. The number of nitrogens with one attached hydrogen (secondary N) is 1. The van der Waals surface area contributed by atoms with E-state index in [0.717, 1.165) is 5.92 Å². The quantitative estimate of drug-likeness (QED) is 0.656. The summed E-state index contributed by atoms with van der Waals surface area (Å²) >= 11 is 0. The Balaban J connectivity index is 2.30. The van der Waals surface area contributed by atoms with Crippen LogP contribution in [0.15, 0.2) is 0 Å². The van der Waals surface area contributed by atoms with E-state index in [0.29, 0.717) is 6.04 Å². The predicted molar refractivity (Wildman–Crippen MR) is 53.0 cm³/mol. The van der Waals surface area contributed by atoms with Gasteiger partial charge >= 0.3 is 0 Å². The topological polar surface area (TPSA) is 38.0 Å². The molecule has 0 aromatic carbocycles. The van der Waals surface area contributed by atoms with Gasteiger partial charge in [-0.25, -0.2) is 0 Å². The molecule has 12 heavy (non-hydrogen) atoms. The van der Waals surface area contributed by atoms with Crippen molar-refractivity contribution >= 4 is 0 Å². The summed E-state index contributed by atoms with van der Waals surface area (Å²) < 4.78 is 0. The minimum Gasteiger partial charge on any atom is -0.327 e. The highest BCUT2D eigenvalue weighted by Crippen LogP contribution is 2.24. The summed E-state index contributed by atoms with van der Waals surface area (Å²) in [5.74, 6) is 0.819. The van der Waals surface area contributed by atoms with Crippen molar-refractivity contribution in [3.8, 4) is 0 Å². The Morgan fingerprint density at radius 3 is 2.58 bits per heavy atom. The second-order valence-corrected chi connectivity index (χ2v) is 5.07. The van der Waals surface area contributed by atoms with Crippen molar-refractivity contribution in [3.63, 3.8) is 0 Å². The normalized spacial score (nSPS) is 27.5. The van der Waals surface area contributed by atoms with Gasteiger partial charge in [0.1, 0.15) is 0 Å². The SMILES string of the molecule is CC(C)(C)C(N)CC1CCNC1. The van der Waals surface area contributed by atoms with E-state index in [9.17, 15) is 0 Å². The third kappa shape index (κ3) is 2.76. The summed E-state index contributed by atoms with van der Waals surface area (Å²) in [6.07, 6.45) is 2.49. The second-order valence-electron chi connectivity index (χ2n) is 5.07. The van der Waals surface area contributed by atoms with Crippen molar-refractivity contribution in [2.75, 3.05) is 13.1 Å². The van der Waals surface area contributed by atoms with Gasteiger partial charge in [-0.05, 0) is 37.3 Å². The molecule has 2 heteroatoms.